The van der Waals surface area contributed by atoms with Crippen molar-refractivity contribution in [2.24, 2.45) is 0 Å². The van der Waals surface area contributed by atoms with Gasteiger partial charge in [-0.25, -0.2) is 0 Å². The average molecular weight is 555 g/mol. The number of rotatable bonds is 10. The van der Waals surface area contributed by atoms with Crippen LogP contribution in [-0.4, -0.2) is 107 Å². The van der Waals surface area contributed by atoms with Crippen LogP contribution < -0.4 is 0 Å². The third-order valence-electron chi connectivity index (χ3n) is 7.66. The van der Waals surface area contributed by atoms with E-state index in [0.29, 0.717) is 0 Å². The first-order valence-electron chi connectivity index (χ1n) is 14.5. The molecular formula is C33H42N6O2. The van der Waals surface area contributed by atoms with E-state index in [0.717, 1.165) is 94.4 Å². The summed E-state index contributed by atoms with van der Waals surface area (Å²) >= 11 is 0. The van der Waals surface area contributed by atoms with Crippen molar-refractivity contribution >= 4 is 24.0 Å². The molecule has 0 saturated carbocycles. The summed E-state index contributed by atoms with van der Waals surface area (Å²) in [6.07, 6.45) is 19.3. The van der Waals surface area contributed by atoms with Gasteiger partial charge in [0.05, 0.1) is 0 Å². The van der Waals surface area contributed by atoms with Crippen LogP contribution in [0.4, 0.5) is 0 Å². The molecule has 0 spiro atoms. The second-order valence-electron chi connectivity index (χ2n) is 10.5. The van der Waals surface area contributed by atoms with E-state index in [1.54, 1.807) is 24.5 Å². The van der Waals surface area contributed by atoms with Gasteiger partial charge in [-0.3, -0.25) is 29.4 Å². The Hall–Kier alpha value is -3.88. The zero-order chi connectivity index (χ0) is 28.9. The maximum absolute atomic E-state index is 12.6. The summed E-state index contributed by atoms with van der Waals surface area (Å²) in [6.45, 7) is 12.7. The zero-order valence-electron chi connectivity index (χ0n) is 24.4. The standard InChI is InChI=1S/C33H42N6O2/c1-28-30(12-7-16-34-28)10-3-5-14-32(40)38-24-20-36(21-25-38)18-9-19-37-22-26-39(27-23-37)33(41)15-6-4-11-31-13-8-17-35-29(31)2/h3-8,10-17H,9,18-27H2,1-2H3/b10-3+,11-4+,14-5+,15-6+. The molecule has 2 saturated heterocycles. The summed E-state index contributed by atoms with van der Waals surface area (Å²) in [6, 6.07) is 7.85. The summed E-state index contributed by atoms with van der Waals surface area (Å²) in [5.41, 5.74) is 4.06. The van der Waals surface area contributed by atoms with E-state index in [1.807, 2.05) is 84.4 Å². The van der Waals surface area contributed by atoms with Gasteiger partial charge >= 0.3 is 0 Å². The molecule has 0 bridgehead atoms. The molecule has 2 aromatic heterocycles. The highest BCUT2D eigenvalue weighted by Crippen LogP contribution is 2.09. The zero-order valence-corrected chi connectivity index (χ0v) is 24.4. The van der Waals surface area contributed by atoms with Crippen molar-refractivity contribution in [2.45, 2.75) is 20.3 Å². The first kappa shape index (κ1) is 30.1. The Kier molecular flexibility index (Phi) is 11.6. The number of aryl methyl sites for hydroxylation is 2. The Balaban J connectivity index is 1.07. The van der Waals surface area contributed by atoms with Gasteiger partial charge in [-0.15, -0.1) is 0 Å². The first-order chi connectivity index (χ1) is 20.0. The van der Waals surface area contributed by atoms with E-state index in [-0.39, 0.29) is 11.8 Å². The molecule has 0 aromatic carbocycles. The molecule has 4 rings (SSSR count). The lowest BCUT2D eigenvalue weighted by Gasteiger charge is -2.36. The molecule has 216 valence electrons. The number of piperazine rings is 2. The summed E-state index contributed by atoms with van der Waals surface area (Å²) in [7, 11) is 0. The van der Waals surface area contributed by atoms with Crippen LogP contribution in [0, 0.1) is 13.8 Å². The molecule has 0 radical (unpaired) electrons. The van der Waals surface area contributed by atoms with Crippen LogP contribution in [0.15, 0.2) is 73.1 Å². The van der Waals surface area contributed by atoms with Crippen molar-refractivity contribution in [3.05, 3.63) is 95.6 Å². The normalized spacial score (nSPS) is 17.5. The number of hydrogen-bond acceptors (Lipinski definition) is 6. The number of amides is 2. The topological polar surface area (TPSA) is 72.9 Å². The van der Waals surface area contributed by atoms with E-state index in [9.17, 15) is 9.59 Å². The lowest BCUT2D eigenvalue weighted by Crippen LogP contribution is -2.50. The molecule has 2 aromatic rings. The van der Waals surface area contributed by atoms with Crippen LogP contribution in [0.25, 0.3) is 12.2 Å². The number of hydrogen-bond donors (Lipinski definition) is 0. The lowest BCUT2D eigenvalue weighted by atomic mass is 10.2. The quantitative estimate of drug-likeness (QED) is 0.330. The molecule has 2 aliphatic heterocycles. The Morgan fingerprint density at radius 1 is 0.659 bits per heavy atom. The van der Waals surface area contributed by atoms with E-state index in [2.05, 4.69) is 19.8 Å². The van der Waals surface area contributed by atoms with Gasteiger partial charge in [-0.1, -0.05) is 48.6 Å². The molecule has 2 fully saturated rings. The third-order valence-corrected chi connectivity index (χ3v) is 7.66. The van der Waals surface area contributed by atoms with Crippen LogP contribution in [0.3, 0.4) is 0 Å². The van der Waals surface area contributed by atoms with Crippen LogP contribution in [0.2, 0.25) is 0 Å². The summed E-state index contributed by atoms with van der Waals surface area (Å²) in [5, 5.41) is 0. The van der Waals surface area contributed by atoms with Crippen LogP contribution in [-0.2, 0) is 9.59 Å². The number of carbonyl (C=O) groups is 2. The first-order valence-corrected chi connectivity index (χ1v) is 14.5. The molecule has 0 N–H and O–H groups in total. The molecule has 0 unspecified atom stereocenters. The monoisotopic (exact) mass is 554 g/mol. The number of carbonyl (C=O) groups excluding carboxylic acids is 2. The maximum atomic E-state index is 12.6. The smallest absolute Gasteiger partial charge is 0.246 e. The minimum Gasteiger partial charge on any atom is -0.337 e. The van der Waals surface area contributed by atoms with Gasteiger partial charge in [0.1, 0.15) is 0 Å². The summed E-state index contributed by atoms with van der Waals surface area (Å²) in [5.74, 6) is 0.137. The number of allylic oxidation sites excluding steroid dienone is 4. The maximum Gasteiger partial charge on any atom is 0.246 e. The van der Waals surface area contributed by atoms with Crippen molar-refractivity contribution in [2.75, 3.05) is 65.4 Å². The molecule has 0 aliphatic carbocycles. The van der Waals surface area contributed by atoms with Crippen molar-refractivity contribution in [1.29, 1.82) is 0 Å². The van der Waals surface area contributed by atoms with Crippen LogP contribution in [0.5, 0.6) is 0 Å². The SMILES string of the molecule is Cc1ncccc1/C=C/C=C/C(=O)N1CCN(CCCN2CCN(C(=O)/C=C/C=C/c3cccnc3C)CC2)CC1. The van der Waals surface area contributed by atoms with Gasteiger partial charge in [0.2, 0.25) is 11.8 Å². The number of nitrogens with zero attached hydrogens (tertiary/aromatic N) is 6. The Morgan fingerprint density at radius 2 is 1.07 bits per heavy atom. The highest BCUT2D eigenvalue weighted by Gasteiger charge is 2.21. The van der Waals surface area contributed by atoms with Gasteiger partial charge in [0.15, 0.2) is 0 Å². The predicted octanol–water partition coefficient (Wildman–Crippen LogP) is 3.61. The highest BCUT2D eigenvalue weighted by atomic mass is 16.2. The van der Waals surface area contributed by atoms with Gasteiger partial charge < -0.3 is 9.80 Å². The van der Waals surface area contributed by atoms with Crippen LogP contribution in [0.1, 0.15) is 28.9 Å². The van der Waals surface area contributed by atoms with Crippen molar-refractivity contribution < 1.29 is 9.59 Å². The fourth-order valence-corrected chi connectivity index (χ4v) is 5.05. The van der Waals surface area contributed by atoms with Crippen molar-refractivity contribution in [3.8, 4) is 0 Å². The second kappa shape index (κ2) is 15.8. The molecule has 8 nitrogen and oxygen atoms in total. The molecule has 41 heavy (non-hydrogen) atoms. The largest absolute Gasteiger partial charge is 0.337 e. The minimum absolute atomic E-state index is 0.0686. The van der Waals surface area contributed by atoms with E-state index < -0.39 is 0 Å². The molecule has 8 heteroatoms. The highest BCUT2D eigenvalue weighted by molar-refractivity contribution is 5.88. The van der Waals surface area contributed by atoms with Crippen molar-refractivity contribution in [3.63, 3.8) is 0 Å². The molecule has 2 amide bonds. The summed E-state index contributed by atoms with van der Waals surface area (Å²) in [4.78, 5) is 42.4. The average Bonchev–Trinajstić information content (AvgIpc) is 2.99. The Morgan fingerprint density at radius 3 is 1.46 bits per heavy atom. The number of aromatic nitrogens is 2. The fourth-order valence-electron chi connectivity index (χ4n) is 5.05. The molecule has 4 heterocycles. The molecular weight excluding hydrogens is 512 g/mol. The second-order valence-corrected chi connectivity index (χ2v) is 10.5. The molecule has 2 aliphatic rings. The van der Waals surface area contributed by atoms with E-state index >= 15 is 0 Å². The van der Waals surface area contributed by atoms with Crippen LogP contribution >= 0.6 is 0 Å². The third kappa shape index (κ3) is 9.62. The fraction of sp³-hybridized carbons (Fsp3) is 0.394. The van der Waals surface area contributed by atoms with E-state index in [4.69, 9.17) is 0 Å². The predicted molar refractivity (Wildman–Crippen MR) is 165 cm³/mol. The minimum atomic E-state index is 0.0686. The Labute approximate surface area is 244 Å². The lowest BCUT2D eigenvalue weighted by molar-refractivity contribution is -0.128. The Bertz CT molecular complexity index is 1170. The van der Waals surface area contributed by atoms with Crippen molar-refractivity contribution in [1.82, 2.24) is 29.6 Å². The van der Waals surface area contributed by atoms with Gasteiger partial charge in [0, 0.05) is 88.3 Å². The van der Waals surface area contributed by atoms with E-state index in [1.165, 1.54) is 0 Å². The molecule has 0 atom stereocenters. The number of pyridine rings is 2. The summed E-state index contributed by atoms with van der Waals surface area (Å²) < 4.78 is 0. The van der Waals surface area contributed by atoms with Gasteiger partial charge in [-0.05, 0) is 56.6 Å². The van der Waals surface area contributed by atoms with Gasteiger partial charge in [0.25, 0.3) is 0 Å². The van der Waals surface area contributed by atoms with Gasteiger partial charge in [-0.2, -0.15) is 0 Å².